The average Bonchev–Trinajstić information content (AvgIpc) is 2.46. The van der Waals surface area contributed by atoms with Gasteiger partial charge in [0.1, 0.15) is 0 Å². The number of nitrogens with one attached hydrogen (secondary N) is 1. The Morgan fingerprint density at radius 2 is 1.96 bits per heavy atom. The minimum Gasteiger partial charge on any atom is -0.353 e. The fourth-order valence-electron chi connectivity index (χ4n) is 3.75. The lowest BCUT2D eigenvalue weighted by atomic mass is 9.79. The molecule has 0 bridgehead atoms. The second-order valence-electron chi connectivity index (χ2n) is 7.07. The van der Waals surface area contributed by atoms with Gasteiger partial charge in [-0.2, -0.15) is 0 Å². The summed E-state index contributed by atoms with van der Waals surface area (Å²) >= 11 is 0. The van der Waals surface area contributed by atoms with E-state index in [1.807, 2.05) is 0 Å². The van der Waals surface area contributed by atoms with Crippen LogP contribution in [-0.2, 0) is 9.36 Å². The maximum absolute atomic E-state index is 11.7. The number of hydrogen-bond donors (Lipinski definition) is 3. The molecule has 3 atom stereocenters. The standard InChI is InChI=1S/C17H33N2O4P/c1-6-19(7-2)17-11-14(24(21,22)23)8-9-15(17)16(10-12(3)4)18-13(5)20/h8,12,15-17H,6-7,9-11H2,1-5H3,(H,18,20)(H2,21,22,23). The van der Waals surface area contributed by atoms with Crippen LogP contribution in [0.4, 0.5) is 0 Å². The molecule has 140 valence electrons. The number of hydrogen-bond acceptors (Lipinski definition) is 3. The minimum absolute atomic E-state index is 0.0164. The maximum atomic E-state index is 11.7. The van der Waals surface area contributed by atoms with Crippen LogP contribution in [0.2, 0.25) is 0 Å². The second kappa shape index (κ2) is 9.14. The minimum atomic E-state index is -4.20. The molecule has 0 heterocycles. The van der Waals surface area contributed by atoms with E-state index in [-0.39, 0.29) is 29.2 Å². The molecule has 0 aliphatic heterocycles. The van der Waals surface area contributed by atoms with Crippen molar-refractivity contribution in [3.05, 3.63) is 11.4 Å². The topological polar surface area (TPSA) is 89.9 Å². The van der Waals surface area contributed by atoms with E-state index in [9.17, 15) is 19.1 Å². The highest BCUT2D eigenvalue weighted by molar-refractivity contribution is 7.56. The van der Waals surface area contributed by atoms with E-state index in [0.29, 0.717) is 18.8 Å². The summed E-state index contributed by atoms with van der Waals surface area (Å²) in [6.45, 7) is 11.5. The third-order valence-corrected chi connectivity index (χ3v) is 5.94. The molecule has 3 unspecified atom stereocenters. The Kier molecular flexibility index (Phi) is 8.13. The predicted octanol–water partition coefficient (Wildman–Crippen LogP) is 2.72. The van der Waals surface area contributed by atoms with Crippen LogP contribution < -0.4 is 5.32 Å². The van der Waals surface area contributed by atoms with Gasteiger partial charge in [-0.3, -0.25) is 9.36 Å². The van der Waals surface area contributed by atoms with Gasteiger partial charge in [0.2, 0.25) is 5.91 Å². The molecule has 3 N–H and O–H groups in total. The van der Waals surface area contributed by atoms with Crippen LogP contribution >= 0.6 is 7.60 Å². The van der Waals surface area contributed by atoms with Crippen molar-refractivity contribution in [2.24, 2.45) is 11.8 Å². The highest BCUT2D eigenvalue weighted by atomic mass is 31.2. The Labute approximate surface area is 145 Å². The van der Waals surface area contributed by atoms with Crippen molar-refractivity contribution in [2.75, 3.05) is 13.1 Å². The van der Waals surface area contributed by atoms with E-state index in [1.54, 1.807) is 6.08 Å². The maximum Gasteiger partial charge on any atom is 0.351 e. The molecule has 1 rings (SSSR count). The van der Waals surface area contributed by atoms with Gasteiger partial charge < -0.3 is 20.0 Å². The molecule has 0 saturated heterocycles. The number of nitrogens with zero attached hydrogens (tertiary/aromatic N) is 1. The first-order chi connectivity index (χ1) is 11.1. The van der Waals surface area contributed by atoms with Crippen LogP contribution in [0, 0.1) is 11.8 Å². The monoisotopic (exact) mass is 360 g/mol. The van der Waals surface area contributed by atoms with Crippen LogP contribution in [0.1, 0.15) is 53.9 Å². The summed E-state index contributed by atoms with van der Waals surface area (Å²) in [6, 6.07) is 0.0471. The molecule has 1 aliphatic rings. The van der Waals surface area contributed by atoms with Crippen molar-refractivity contribution in [1.29, 1.82) is 0 Å². The van der Waals surface area contributed by atoms with Gasteiger partial charge in [0.25, 0.3) is 0 Å². The molecule has 24 heavy (non-hydrogen) atoms. The first-order valence-electron chi connectivity index (χ1n) is 8.86. The first kappa shape index (κ1) is 21.4. The molecule has 0 aromatic rings. The Balaban J connectivity index is 3.15. The molecule has 0 aromatic heterocycles. The summed E-state index contributed by atoms with van der Waals surface area (Å²) in [5.74, 6) is 0.543. The van der Waals surface area contributed by atoms with Crippen LogP contribution in [0.25, 0.3) is 0 Å². The summed E-state index contributed by atoms with van der Waals surface area (Å²) in [6.07, 6.45) is 3.51. The van der Waals surface area contributed by atoms with Gasteiger partial charge in [-0.25, -0.2) is 0 Å². The Hall–Kier alpha value is -0.680. The summed E-state index contributed by atoms with van der Waals surface area (Å²) in [5, 5.41) is 3.32. The van der Waals surface area contributed by atoms with E-state index >= 15 is 0 Å². The average molecular weight is 360 g/mol. The van der Waals surface area contributed by atoms with Gasteiger partial charge in [-0.15, -0.1) is 0 Å². The van der Waals surface area contributed by atoms with Crippen LogP contribution in [0.5, 0.6) is 0 Å². The zero-order valence-electron chi connectivity index (χ0n) is 15.5. The molecule has 6 nitrogen and oxygen atoms in total. The quantitative estimate of drug-likeness (QED) is 0.579. The van der Waals surface area contributed by atoms with Crippen molar-refractivity contribution in [1.82, 2.24) is 10.2 Å². The number of rotatable bonds is 8. The van der Waals surface area contributed by atoms with E-state index in [1.165, 1.54) is 6.92 Å². The number of carbonyl (C=O) groups is 1. The Bertz CT molecular complexity index is 497. The van der Waals surface area contributed by atoms with Gasteiger partial charge in [-0.1, -0.05) is 33.8 Å². The summed E-state index contributed by atoms with van der Waals surface area (Å²) in [7, 11) is -4.20. The highest BCUT2D eigenvalue weighted by Gasteiger charge is 2.39. The summed E-state index contributed by atoms with van der Waals surface area (Å²) < 4.78 is 11.7. The van der Waals surface area contributed by atoms with E-state index in [2.05, 4.69) is 37.9 Å². The van der Waals surface area contributed by atoms with Crippen LogP contribution in [0.3, 0.4) is 0 Å². The molecule has 1 amide bonds. The van der Waals surface area contributed by atoms with Gasteiger partial charge in [0, 0.05) is 24.3 Å². The van der Waals surface area contributed by atoms with Crippen molar-refractivity contribution in [2.45, 2.75) is 66.0 Å². The first-order valence-corrected chi connectivity index (χ1v) is 10.5. The van der Waals surface area contributed by atoms with E-state index in [0.717, 1.165) is 19.5 Å². The van der Waals surface area contributed by atoms with E-state index in [4.69, 9.17) is 0 Å². The fraction of sp³-hybridized carbons (Fsp3) is 0.824. The Morgan fingerprint density at radius 1 is 1.38 bits per heavy atom. The molecule has 0 fully saturated rings. The summed E-state index contributed by atoms with van der Waals surface area (Å²) in [4.78, 5) is 33.0. The van der Waals surface area contributed by atoms with Gasteiger partial charge in [-0.05, 0) is 44.2 Å². The van der Waals surface area contributed by atoms with Gasteiger partial charge in [0.05, 0.1) is 0 Å². The van der Waals surface area contributed by atoms with Crippen molar-refractivity contribution < 1.29 is 19.1 Å². The highest BCUT2D eigenvalue weighted by Crippen LogP contribution is 2.51. The van der Waals surface area contributed by atoms with E-state index < -0.39 is 7.60 Å². The number of allylic oxidation sites excluding steroid dienone is 1. The lowest BCUT2D eigenvalue weighted by molar-refractivity contribution is -0.120. The summed E-state index contributed by atoms with van der Waals surface area (Å²) in [5.41, 5.74) is 0. The molecule has 1 aliphatic carbocycles. The third kappa shape index (κ3) is 5.99. The van der Waals surface area contributed by atoms with Crippen LogP contribution in [-0.4, -0.2) is 45.8 Å². The molecular formula is C17H33N2O4P. The number of carbonyl (C=O) groups excluding carboxylic acids is 1. The fourth-order valence-corrected chi connectivity index (χ4v) is 4.52. The largest absolute Gasteiger partial charge is 0.353 e. The second-order valence-corrected chi connectivity index (χ2v) is 8.73. The number of amides is 1. The predicted molar refractivity (Wildman–Crippen MR) is 96.6 cm³/mol. The van der Waals surface area contributed by atoms with Gasteiger partial charge >= 0.3 is 7.60 Å². The molecule has 0 saturated carbocycles. The molecule has 7 heteroatoms. The molecule has 0 spiro atoms. The SMILES string of the molecule is CCN(CC)C1CC(P(=O)(O)O)=CCC1C(CC(C)C)NC(C)=O. The lowest BCUT2D eigenvalue weighted by Crippen LogP contribution is -2.51. The normalized spacial score (nSPS) is 23.3. The third-order valence-electron chi connectivity index (χ3n) is 4.82. The van der Waals surface area contributed by atoms with Crippen LogP contribution in [0.15, 0.2) is 11.4 Å². The smallest absolute Gasteiger partial charge is 0.351 e. The molecular weight excluding hydrogens is 327 g/mol. The zero-order valence-corrected chi connectivity index (χ0v) is 16.4. The van der Waals surface area contributed by atoms with Crippen molar-refractivity contribution in [3.8, 4) is 0 Å². The molecule has 0 aromatic carbocycles. The Morgan fingerprint density at radius 3 is 2.38 bits per heavy atom. The lowest BCUT2D eigenvalue weighted by Gasteiger charge is -2.43. The van der Waals surface area contributed by atoms with Crippen molar-refractivity contribution >= 4 is 13.5 Å². The van der Waals surface area contributed by atoms with Crippen molar-refractivity contribution in [3.63, 3.8) is 0 Å². The van der Waals surface area contributed by atoms with Gasteiger partial charge in [0.15, 0.2) is 0 Å². The zero-order chi connectivity index (χ0) is 18.5. The molecule has 0 radical (unpaired) electrons.